The number of hydrogen-bond acceptors (Lipinski definition) is 2. The maximum Gasteiger partial charge on any atom is 0.102 e. The summed E-state index contributed by atoms with van der Waals surface area (Å²) in [6, 6.07) is 0.523. The van der Waals surface area contributed by atoms with Crippen LogP contribution in [0.15, 0.2) is 0 Å². The summed E-state index contributed by atoms with van der Waals surface area (Å²) < 4.78 is 12.2. The quantitative estimate of drug-likeness (QED) is 0.722. The molecular formula is C10H21FN2. The van der Waals surface area contributed by atoms with Crippen molar-refractivity contribution in [2.45, 2.75) is 31.7 Å². The number of halogens is 1. The van der Waals surface area contributed by atoms with Gasteiger partial charge in [-0.15, -0.1) is 0 Å². The van der Waals surface area contributed by atoms with Gasteiger partial charge in [0.25, 0.3) is 0 Å². The minimum Gasteiger partial charge on any atom is -0.330 e. The van der Waals surface area contributed by atoms with Crippen molar-refractivity contribution in [1.82, 2.24) is 4.90 Å². The number of nitrogens with two attached hydrogens (primary N) is 1. The van der Waals surface area contributed by atoms with Crippen LogP contribution in [0.2, 0.25) is 0 Å². The Bertz CT molecular complexity index is 141. The van der Waals surface area contributed by atoms with Crippen molar-refractivity contribution in [3.8, 4) is 0 Å². The smallest absolute Gasteiger partial charge is 0.102 e. The number of hydrogen-bond donors (Lipinski definition) is 1. The van der Waals surface area contributed by atoms with Crippen molar-refractivity contribution in [1.29, 1.82) is 0 Å². The maximum atomic E-state index is 12.2. The molecule has 13 heavy (non-hydrogen) atoms. The van der Waals surface area contributed by atoms with E-state index in [2.05, 4.69) is 4.90 Å². The zero-order valence-electron chi connectivity index (χ0n) is 8.51. The van der Waals surface area contributed by atoms with Crippen molar-refractivity contribution < 1.29 is 4.39 Å². The van der Waals surface area contributed by atoms with Crippen LogP contribution in [0, 0.1) is 5.92 Å². The molecule has 1 rings (SSSR count). The molecule has 0 amide bonds. The fourth-order valence-corrected chi connectivity index (χ4v) is 2.34. The number of alkyl halides is 1. The SMILES string of the molecule is CN(CCF)C1CCCCC1CN. The van der Waals surface area contributed by atoms with E-state index in [-0.39, 0.29) is 6.67 Å². The highest BCUT2D eigenvalue weighted by Crippen LogP contribution is 2.26. The predicted octanol–water partition coefficient (Wildman–Crippen LogP) is 1.41. The Kier molecular flexibility index (Phi) is 4.67. The summed E-state index contributed by atoms with van der Waals surface area (Å²) in [5, 5.41) is 0. The average Bonchev–Trinajstić information content (AvgIpc) is 2.18. The van der Waals surface area contributed by atoms with Crippen molar-refractivity contribution >= 4 is 0 Å². The first kappa shape index (κ1) is 10.9. The summed E-state index contributed by atoms with van der Waals surface area (Å²) in [4.78, 5) is 2.14. The molecule has 0 aliphatic heterocycles. The summed E-state index contributed by atoms with van der Waals surface area (Å²) >= 11 is 0. The van der Waals surface area contributed by atoms with Gasteiger partial charge in [-0.1, -0.05) is 12.8 Å². The molecule has 1 aliphatic rings. The van der Waals surface area contributed by atoms with Gasteiger partial charge in [-0.05, 0) is 32.4 Å². The lowest BCUT2D eigenvalue weighted by molar-refractivity contribution is 0.126. The molecule has 0 radical (unpaired) electrons. The molecule has 0 saturated heterocycles. The normalized spacial score (nSPS) is 29.5. The van der Waals surface area contributed by atoms with E-state index in [9.17, 15) is 4.39 Å². The zero-order valence-corrected chi connectivity index (χ0v) is 8.51. The molecule has 2 N–H and O–H groups in total. The third kappa shape index (κ3) is 2.92. The molecule has 0 bridgehead atoms. The molecule has 1 aliphatic carbocycles. The molecular weight excluding hydrogens is 167 g/mol. The molecule has 3 heteroatoms. The highest BCUT2D eigenvalue weighted by molar-refractivity contribution is 4.82. The van der Waals surface area contributed by atoms with Gasteiger partial charge in [0.2, 0.25) is 0 Å². The van der Waals surface area contributed by atoms with Crippen molar-refractivity contribution in [2.24, 2.45) is 11.7 Å². The second-order valence-corrected chi connectivity index (χ2v) is 4.02. The molecule has 0 aromatic heterocycles. The van der Waals surface area contributed by atoms with Crippen LogP contribution in [0.25, 0.3) is 0 Å². The molecule has 0 heterocycles. The first-order valence-corrected chi connectivity index (χ1v) is 5.26. The predicted molar refractivity (Wildman–Crippen MR) is 53.4 cm³/mol. The fourth-order valence-electron chi connectivity index (χ4n) is 2.34. The molecule has 0 spiro atoms. The Balaban J connectivity index is 2.43. The minimum atomic E-state index is -0.246. The molecule has 0 aromatic rings. The highest BCUT2D eigenvalue weighted by atomic mass is 19.1. The molecule has 1 saturated carbocycles. The standard InChI is InChI=1S/C10H21FN2/c1-13(7-6-11)10-5-3-2-4-9(10)8-12/h9-10H,2-8,12H2,1H3. The fraction of sp³-hybridized carbons (Fsp3) is 1.00. The lowest BCUT2D eigenvalue weighted by atomic mass is 9.84. The highest BCUT2D eigenvalue weighted by Gasteiger charge is 2.26. The van der Waals surface area contributed by atoms with Crippen LogP contribution >= 0.6 is 0 Å². The van der Waals surface area contributed by atoms with Crippen LogP contribution in [-0.4, -0.2) is 37.8 Å². The van der Waals surface area contributed by atoms with Gasteiger partial charge in [0.1, 0.15) is 6.67 Å². The lowest BCUT2D eigenvalue weighted by Crippen LogP contribution is -2.43. The van der Waals surface area contributed by atoms with E-state index >= 15 is 0 Å². The van der Waals surface area contributed by atoms with Crippen LogP contribution in [0.3, 0.4) is 0 Å². The van der Waals surface area contributed by atoms with Crippen LogP contribution in [-0.2, 0) is 0 Å². The van der Waals surface area contributed by atoms with Gasteiger partial charge < -0.3 is 10.6 Å². The Morgan fingerprint density at radius 2 is 2.08 bits per heavy atom. The third-order valence-electron chi connectivity index (χ3n) is 3.18. The lowest BCUT2D eigenvalue weighted by Gasteiger charge is -2.37. The summed E-state index contributed by atoms with van der Waals surface area (Å²) in [5.41, 5.74) is 5.71. The largest absolute Gasteiger partial charge is 0.330 e. The van der Waals surface area contributed by atoms with E-state index in [1.807, 2.05) is 7.05 Å². The van der Waals surface area contributed by atoms with E-state index < -0.39 is 0 Å². The van der Waals surface area contributed by atoms with E-state index in [0.717, 1.165) is 6.54 Å². The van der Waals surface area contributed by atoms with Gasteiger partial charge in [-0.25, -0.2) is 4.39 Å². The molecule has 78 valence electrons. The molecule has 2 unspecified atom stereocenters. The monoisotopic (exact) mass is 188 g/mol. The van der Waals surface area contributed by atoms with E-state index in [1.54, 1.807) is 0 Å². The first-order valence-electron chi connectivity index (χ1n) is 5.26. The Hall–Kier alpha value is -0.150. The summed E-state index contributed by atoms with van der Waals surface area (Å²) in [6.45, 7) is 1.06. The van der Waals surface area contributed by atoms with Gasteiger partial charge >= 0.3 is 0 Å². The average molecular weight is 188 g/mol. The second-order valence-electron chi connectivity index (χ2n) is 4.02. The van der Waals surface area contributed by atoms with Crippen LogP contribution in [0.1, 0.15) is 25.7 Å². The Labute approximate surface area is 80.3 Å². The van der Waals surface area contributed by atoms with E-state index in [4.69, 9.17) is 5.73 Å². The van der Waals surface area contributed by atoms with Crippen LogP contribution in [0.4, 0.5) is 4.39 Å². The van der Waals surface area contributed by atoms with Crippen molar-refractivity contribution in [3.63, 3.8) is 0 Å². The van der Waals surface area contributed by atoms with E-state index in [1.165, 1.54) is 25.7 Å². The maximum absolute atomic E-state index is 12.2. The molecule has 0 aromatic carbocycles. The van der Waals surface area contributed by atoms with Crippen LogP contribution < -0.4 is 5.73 Å². The van der Waals surface area contributed by atoms with Crippen LogP contribution in [0.5, 0.6) is 0 Å². The summed E-state index contributed by atoms with van der Waals surface area (Å²) in [5.74, 6) is 0.588. The van der Waals surface area contributed by atoms with Gasteiger partial charge in [-0.2, -0.15) is 0 Å². The number of rotatable bonds is 4. The van der Waals surface area contributed by atoms with Crippen molar-refractivity contribution in [2.75, 3.05) is 26.8 Å². The summed E-state index contributed by atoms with van der Waals surface area (Å²) in [6.07, 6.45) is 4.98. The first-order chi connectivity index (χ1) is 6.29. The Morgan fingerprint density at radius 3 is 2.69 bits per heavy atom. The minimum absolute atomic E-state index is 0.246. The molecule has 1 fully saturated rings. The van der Waals surface area contributed by atoms with Gasteiger partial charge in [-0.3, -0.25) is 0 Å². The Morgan fingerprint density at radius 1 is 1.38 bits per heavy atom. The topological polar surface area (TPSA) is 29.3 Å². The molecule has 2 atom stereocenters. The van der Waals surface area contributed by atoms with E-state index in [0.29, 0.717) is 18.5 Å². The van der Waals surface area contributed by atoms with Gasteiger partial charge in [0.15, 0.2) is 0 Å². The zero-order chi connectivity index (χ0) is 9.68. The second kappa shape index (κ2) is 5.55. The molecule has 2 nitrogen and oxygen atoms in total. The van der Waals surface area contributed by atoms with Gasteiger partial charge in [0, 0.05) is 12.6 Å². The van der Waals surface area contributed by atoms with Gasteiger partial charge in [0.05, 0.1) is 0 Å². The van der Waals surface area contributed by atoms with Crippen molar-refractivity contribution in [3.05, 3.63) is 0 Å². The number of nitrogens with zero attached hydrogens (tertiary/aromatic N) is 1. The summed E-state index contributed by atoms with van der Waals surface area (Å²) in [7, 11) is 2.01. The third-order valence-corrected chi connectivity index (χ3v) is 3.18.